The van der Waals surface area contributed by atoms with Crippen molar-refractivity contribution in [2.45, 2.75) is 13.3 Å². The van der Waals surface area contributed by atoms with Crippen LogP contribution in [0, 0.1) is 6.92 Å². The molecule has 6 heteroatoms. The van der Waals surface area contributed by atoms with E-state index < -0.39 is 0 Å². The van der Waals surface area contributed by atoms with Gasteiger partial charge in [-0.3, -0.25) is 9.59 Å². The number of benzene rings is 1. The second kappa shape index (κ2) is 7.88. The molecular weight excluding hydrogens is 318 g/mol. The van der Waals surface area contributed by atoms with Crippen LogP contribution in [0.4, 0.5) is 5.69 Å². The Kier molecular flexibility index (Phi) is 5.38. The Morgan fingerprint density at radius 2 is 1.76 bits per heavy atom. The van der Waals surface area contributed by atoms with E-state index in [2.05, 4.69) is 5.32 Å². The van der Waals surface area contributed by atoms with Gasteiger partial charge < -0.3 is 19.5 Å². The highest BCUT2D eigenvalue weighted by Crippen LogP contribution is 2.13. The van der Waals surface area contributed by atoms with Gasteiger partial charge in [0.15, 0.2) is 5.76 Å². The normalized spacial score (nSPS) is 14.4. The van der Waals surface area contributed by atoms with Crippen LogP contribution >= 0.6 is 0 Å². The van der Waals surface area contributed by atoms with Gasteiger partial charge in [0.25, 0.3) is 5.91 Å². The van der Waals surface area contributed by atoms with Crippen molar-refractivity contribution in [3.63, 3.8) is 0 Å². The van der Waals surface area contributed by atoms with Crippen LogP contribution in [0.2, 0.25) is 0 Å². The molecule has 1 aliphatic rings. The summed E-state index contributed by atoms with van der Waals surface area (Å²) in [6.07, 6.45) is 1.94. The molecule has 0 aliphatic carbocycles. The van der Waals surface area contributed by atoms with E-state index in [0.29, 0.717) is 44.9 Å². The molecule has 1 aromatic carbocycles. The van der Waals surface area contributed by atoms with Crippen LogP contribution in [0.5, 0.6) is 0 Å². The van der Waals surface area contributed by atoms with Gasteiger partial charge in [-0.15, -0.1) is 0 Å². The molecule has 6 nitrogen and oxygen atoms in total. The average Bonchev–Trinajstić information content (AvgIpc) is 3.17. The Morgan fingerprint density at radius 3 is 2.44 bits per heavy atom. The Labute approximate surface area is 147 Å². The number of hydrogen-bond donors (Lipinski definition) is 1. The van der Waals surface area contributed by atoms with E-state index in [9.17, 15) is 9.59 Å². The predicted molar refractivity (Wildman–Crippen MR) is 95.5 cm³/mol. The molecule has 0 bridgehead atoms. The lowest BCUT2D eigenvalue weighted by Crippen LogP contribution is -2.50. The molecule has 25 heavy (non-hydrogen) atoms. The molecule has 1 N–H and O–H groups in total. The topological polar surface area (TPSA) is 65.8 Å². The minimum Gasteiger partial charge on any atom is -0.459 e. The minimum absolute atomic E-state index is 0.113. The zero-order chi connectivity index (χ0) is 17.6. The summed E-state index contributed by atoms with van der Waals surface area (Å²) in [5.41, 5.74) is 2.23. The van der Waals surface area contributed by atoms with E-state index >= 15 is 0 Å². The van der Waals surface area contributed by atoms with E-state index in [4.69, 9.17) is 4.42 Å². The summed E-state index contributed by atoms with van der Waals surface area (Å²) < 4.78 is 5.15. The van der Waals surface area contributed by atoms with Gasteiger partial charge >= 0.3 is 0 Å². The summed E-state index contributed by atoms with van der Waals surface area (Å²) in [6.45, 7) is 4.85. The van der Waals surface area contributed by atoms with E-state index in [1.54, 1.807) is 17.0 Å². The van der Waals surface area contributed by atoms with Gasteiger partial charge in [0.1, 0.15) is 0 Å². The number of furan rings is 1. The summed E-state index contributed by atoms with van der Waals surface area (Å²) in [5.74, 6) is 0.353. The number of piperazine rings is 1. The third kappa shape index (κ3) is 4.21. The molecule has 0 atom stereocenters. The lowest BCUT2D eigenvalue weighted by Gasteiger charge is -2.34. The average molecular weight is 341 g/mol. The first-order valence-corrected chi connectivity index (χ1v) is 8.55. The first-order valence-electron chi connectivity index (χ1n) is 8.55. The quantitative estimate of drug-likeness (QED) is 0.907. The molecule has 0 spiro atoms. The molecule has 0 saturated carbocycles. The minimum atomic E-state index is -0.113. The molecular formula is C19H23N3O3. The van der Waals surface area contributed by atoms with Gasteiger partial charge in [-0.05, 0) is 30.7 Å². The summed E-state index contributed by atoms with van der Waals surface area (Å²) in [7, 11) is 0. The monoisotopic (exact) mass is 341 g/mol. The van der Waals surface area contributed by atoms with Crippen molar-refractivity contribution < 1.29 is 14.0 Å². The molecule has 0 unspecified atom stereocenters. The lowest BCUT2D eigenvalue weighted by atomic mass is 10.2. The highest BCUT2D eigenvalue weighted by atomic mass is 16.3. The number of hydrogen-bond acceptors (Lipinski definition) is 4. The molecule has 0 radical (unpaired) electrons. The fraction of sp³-hybridized carbons (Fsp3) is 0.368. The van der Waals surface area contributed by atoms with Gasteiger partial charge in [-0.2, -0.15) is 0 Å². The highest BCUT2D eigenvalue weighted by molar-refractivity contribution is 5.91. The summed E-state index contributed by atoms with van der Waals surface area (Å²) in [6, 6.07) is 11.4. The summed E-state index contributed by atoms with van der Waals surface area (Å²) in [4.78, 5) is 28.1. The van der Waals surface area contributed by atoms with Crippen LogP contribution in [-0.4, -0.2) is 54.3 Å². The van der Waals surface area contributed by atoms with Crippen LogP contribution in [0.1, 0.15) is 22.5 Å². The largest absolute Gasteiger partial charge is 0.459 e. The maximum Gasteiger partial charge on any atom is 0.289 e. The summed E-state index contributed by atoms with van der Waals surface area (Å²) in [5, 5.41) is 3.30. The molecule has 2 amide bonds. The zero-order valence-electron chi connectivity index (χ0n) is 14.4. The van der Waals surface area contributed by atoms with Crippen LogP contribution in [0.3, 0.4) is 0 Å². The van der Waals surface area contributed by atoms with Gasteiger partial charge in [-0.1, -0.05) is 18.2 Å². The maximum absolute atomic E-state index is 12.3. The van der Waals surface area contributed by atoms with Gasteiger partial charge in [-0.25, -0.2) is 0 Å². The van der Waals surface area contributed by atoms with Crippen molar-refractivity contribution in [3.8, 4) is 0 Å². The Hall–Kier alpha value is -2.76. The second-order valence-electron chi connectivity index (χ2n) is 6.14. The number of nitrogens with zero attached hydrogens (tertiary/aromatic N) is 2. The number of rotatable bonds is 5. The molecule has 1 aromatic heterocycles. The summed E-state index contributed by atoms with van der Waals surface area (Å²) >= 11 is 0. The molecule has 1 fully saturated rings. The first-order chi connectivity index (χ1) is 12.1. The van der Waals surface area contributed by atoms with E-state index in [1.807, 2.05) is 36.1 Å². The number of para-hydroxylation sites is 1. The van der Waals surface area contributed by atoms with Crippen LogP contribution in [0.25, 0.3) is 0 Å². The van der Waals surface area contributed by atoms with Crippen LogP contribution < -0.4 is 5.32 Å². The number of aryl methyl sites for hydroxylation is 1. The SMILES string of the molecule is Cc1ccccc1NCCC(=O)N1CCN(C(=O)c2ccco2)CC1. The molecule has 132 valence electrons. The Bertz CT molecular complexity index is 719. The smallest absolute Gasteiger partial charge is 0.289 e. The zero-order valence-corrected chi connectivity index (χ0v) is 14.4. The molecule has 3 rings (SSSR count). The molecule has 1 aliphatic heterocycles. The Morgan fingerprint density at radius 1 is 1.04 bits per heavy atom. The fourth-order valence-corrected chi connectivity index (χ4v) is 2.95. The number of anilines is 1. The highest BCUT2D eigenvalue weighted by Gasteiger charge is 2.25. The fourth-order valence-electron chi connectivity index (χ4n) is 2.95. The predicted octanol–water partition coefficient (Wildman–Crippen LogP) is 2.37. The molecule has 2 aromatic rings. The van der Waals surface area contributed by atoms with E-state index in [-0.39, 0.29) is 11.8 Å². The third-order valence-electron chi connectivity index (χ3n) is 4.45. The lowest BCUT2D eigenvalue weighted by molar-refractivity contribution is -0.132. The molecule has 1 saturated heterocycles. The van der Waals surface area contributed by atoms with Crippen LogP contribution in [0.15, 0.2) is 47.1 Å². The van der Waals surface area contributed by atoms with Crippen molar-refractivity contribution in [2.24, 2.45) is 0 Å². The third-order valence-corrected chi connectivity index (χ3v) is 4.45. The van der Waals surface area contributed by atoms with Crippen molar-refractivity contribution >= 4 is 17.5 Å². The first kappa shape index (κ1) is 17.1. The van der Waals surface area contributed by atoms with Crippen LogP contribution in [-0.2, 0) is 4.79 Å². The number of amides is 2. The van der Waals surface area contributed by atoms with Crippen molar-refractivity contribution in [3.05, 3.63) is 54.0 Å². The second-order valence-corrected chi connectivity index (χ2v) is 6.14. The standard InChI is InChI=1S/C19H23N3O3/c1-15-5-2-3-6-16(15)20-9-8-18(23)21-10-12-22(13-11-21)19(24)17-7-4-14-25-17/h2-7,14,20H,8-13H2,1H3. The number of carbonyl (C=O) groups is 2. The van der Waals surface area contributed by atoms with Crippen molar-refractivity contribution in [1.29, 1.82) is 0 Å². The number of carbonyl (C=O) groups excluding carboxylic acids is 2. The van der Waals surface area contributed by atoms with Gasteiger partial charge in [0.2, 0.25) is 5.91 Å². The van der Waals surface area contributed by atoms with E-state index in [0.717, 1.165) is 5.69 Å². The molecule has 2 heterocycles. The maximum atomic E-state index is 12.3. The van der Waals surface area contributed by atoms with Crippen molar-refractivity contribution in [2.75, 3.05) is 38.0 Å². The number of nitrogens with one attached hydrogen (secondary N) is 1. The van der Waals surface area contributed by atoms with Gasteiger partial charge in [0.05, 0.1) is 6.26 Å². The Balaban J connectivity index is 1.42. The van der Waals surface area contributed by atoms with Gasteiger partial charge in [0, 0.05) is 44.8 Å². The van der Waals surface area contributed by atoms with Crippen molar-refractivity contribution in [1.82, 2.24) is 9.80 Å². The van der Waals surface area contributed by atoms with E-state index in [1.165, 1.54) is 11.8 Å².